The molecule has 1 heterocycles. The lowest BCUT2D eigenvalue weighted by Gasteiger charge is -2.37. The third-order valence-electron chi connectivity index (χ3n) is 3.05. The van der Waals surface area contributed by atoms with Crippen molar-refractivity contribution in [3.8, 4) is 0 Å². The van der Waals surface area contributed by atoms with E-state index in [2.05, 4.69) is 4.74 Å². The van der Waals surface area contributed by atoms with Gasteiger partial charge in [0.25, 0.3) is 10.0 Å². The molecular weight excluding hydrogens is 509 g/mol. The first kappa shape index (κ1) is 22.3. The average Bonchev–Trinajstić information content (AvgIpc) is 2.36. The molecule has 0 radical (unpaired) electrons. The summed E-state index contributed by atoms with van der Waals surface area (Å²) in [6, 6.07) is 0. The summed E-state index contributed by atoms with van der Waals surface area (Å²) in [5.74, 6) is 0. The van der Waals surface area contributed by atoms with Crippen LogP contribution in [0.4, 0.5) is 30.7 Å². The zero-order valence-electron chi connectivity index (χ0n) is 11.8. The Hall–Kier alpha value is 0.300. The number of halogens is 9. The predicted molar refractivity (Wildman–Crippen MR) is 75.6 cm³/mol. The molecule has 1 saturated heterocycles. The Morgan fingerprint density at radius 3 is 1.71 bits per heavy atom. The molecule has 0 N–H and O–H groups in total. The van der Waals surface area contributed by atoms with Crippen molar-refractivity contribution in [1.29, 1.82) is 0 Å². The summed E-state index contributed by atoms with van der Waals surface area (Å²) in [6.45, 7) is -1.11. The molecule has 144 valence electrons. The van der Waals surface area contributed by atoms with Crippen LogP contribution in [-0.4, -0.2) is 71.8 Å². The van der Waals surface area contributed by atoms with Crippen molar-refractivity contribution < 1.29 is 43.9 Å². The van der Waals surface area contributed by atoms with Crippen LogP contribution < -0.4 is 0 Å². The molecular formula is C9H11Br2F7N2O3S. The number of piperazine rings is 1. The second kappa shape index (κ2) is 6.79. The van der Waals surface area contributed by atoms with E-state index >= 15 is 0 Å². The monoisotopic (exact) mass is 518 g/mol. The largest absolute Gasteiger partial charge is 0.448 e. The number of ether oxygens (including phenoxy) is 1. The molecule has 1 fully saturated rings. The van der Waals surface area contributed by atoms with E-state index in [0.29, 0.717) is 0 Å². The van der Waals surface area contributed by atoms with Gasteiger partial charge in [0, 0.05) is 26.2 Å². The number of nitrogens with zero attached hydrogens (tertiary/aromatic N) is 2. The van der Waals surface area contributed by atoms with Gasteiger partial charge in [-0.1, -0.05) is 0 Å². The maximum Gasteiger partial charge on any atom is 0.448 e. The highest BCUT2D eigenvalue weighted by Gasteiger charge is 2.73. The van der Waals surface area contributed by atoms with Crippen LogP contribution in [0.15, 0.2) is 0 Å². The second-order valence-corrected chi connectivity index (χ2v) is 8.85. The molecule has 0 aromatic heterocycles. The molecule has 1 aliphatic rings. The van der Waals surface area contributed by atoms with E-state index < -0.39 is 44.1 Å². The number of likely N-dealkylation sites (N-methyl/N-ethyl adjacent to an activating group) is 1. The fraction of sp³-hybridized carbons (Fsp3) is 1.00. The van der Waals surface area contributed by atoms with Crippen LogP contribution in [0.2, 0.25) is 0 Å². The third-order valence-corrected chi connectivity index (χ3v) is 6.68. The van der Waals surface area contributed by atoms with Crippen molar-refractivity contribution in [3.63, 3.8) is 0 Å². The van der Waals surface area contributed by atoms with E-state index in [0.717, 1.165) is 0 Å². The van der Waals surface area contributed by atoms with Crippen LogP contribution in [0.3, 0.4) is 0 Å². The standard InChI is InChI=1S/C9H11Br2F7N2O3S/c1-19-2-4-20(5-3-19)24(21,22)9(17,18)8(15,16)23-7(11,14)6(10,12)13/h2-5H2,1H3. The first-order chi connectivity index (χ1) is 10.5. The Kier molecular flexibility index (Phi) is 6.32. The van der Waals surface area contributed by atoms with E-state index in [1.807, 2.05) is 0 Å². The lowest BCUT2D eigenvalue weighted by atomic mass is 10.4. The van der Waals surface area contributed by atoms with Gasteiger partial charge in [-0.3, -0.25) is 4.74 Å². The van der Waals surface area contributed by atoms with E-state index in [9.17, 15) is 39.2 Å². The maximum absolute atomic E-state index is 13.8. The summed E-state index contributed by atoms with van der Waals surface area (Å²) in [5, 5.41) is -5.99. The van der Waals surface area contributed by atoms with E-state index in [4.69, 9.17) is 0 Å². The zero-order valence-corrected chi connectivity index (χ0v) is 15.7. The second-order valence-electron chi connectivity index (χ2n) is 4.86. The van der Waals surface area contributed by atoms with Crippen LogP contribution in [0.1, 0.15) is 0 Å². The Balaban J connectivity index is 3.11. The van der Waals surface area contributed by atoms with Gasteiger partial charge in [-0.05, 0) is 38.9 Å². The summed E-state index contributed by atoms with van der Waals surface area (Å²) in [7, 11) is -4.47. The van der Waals surface area contributed by atoms with E-state index in [-0.39, 0.29) is 17.4 Å². The minimum Gasteiger partial charge on any atom is -0.304 e. The molecule has 1 unspecified atom stereocenters. The molecule has 0 aromatic carbocycles. The quantitative estimate of drug-likeness (QED) is 0.400. The summed E-state index contributed by atoms with van der Waals surface area (Å²) in [4.78, 5) is -3.30. The summed E-state index contributed by atoms with van der Waals surface area (Å²) >= 11 is 2.72. The van der Waals surface area contributed by atoms with Gasteiger partial charge in [-0.15, -0.1) is 0 Å². The van der Waals surface area contributed by atoms with Gasteiger partial charge in [0.05, 0.1) is 0 Å². The molecule has 0 spiro atoms. The fourth-order valence-corrected chi connectivity index (χ4v) is 3.21. The Morgan fingerprint density at radius 2 is 1.33 bits per heavy atom. The van der Waals surface area contributed by atoms with E-state index in [1.54, 1.807) is 11.9 Å². The topological polar surface area (TPSA) is 49.9 Å². The number of hydrogen-bond acceptors (Lipinski definition) is 4. The summed E-state index contributed by atoms with van der Waals surface area (Å²) in [5.41, 5.74) is 0. The minimum atomic E-state index is -6.09. The molecule has 1 atom stereocenters. The van der Waals surface area contributed by atoms with Gasteiger partial charge in [-0.25, -0.2) is 8.42 Å². The maximum atomic E-state index is 13.8. The normalized spacial score (nSPS) is 22.4. The number of sulfonamides is 1. The highest BCUT2D eigenvalue weighted by molar-refractivity contribution is 9.12. The minimum absolute atomic E-state index is 0.0211. The summed E-state index contributed by atoms with van der Waals surface area (Å²) in [6.07, 6.45) is -6.09. The zero-order chi connectivity index (χ0) is 19.2. The van der Waals surface area contributed by atoms with Gasteiger partial charge < -0.3 is 4.90 Å². The van der Waals surface area contributed by atoms with Crippen LogP contribution >= 0.6 is 31.9 Å². The van der Waals surface area contributed by atoms with Crippen LogP contribution in [0.5, 0.6) is 0 Å². The lowest BCUT2D eigenvalue weighted by molar-refractivity contribution is -0.375. The number of hydrogen-bond donors (Lipinski definition) is 0. The van der Waals surface area contributed by atoms with Crippen LogP contribution in [0, 0.1) is 0 Å². The Bertz CT molecular complexity index is 562. The van der Waals surface area contributed by atoms with Crippen molar-refractivity contribution >= 4 is 41.9 Å². The molecule has 0 amide bonds. The van der Waals surface area contributed by atoms with Crippen molar-refractivity contribution in [3.05, 3.63) is 0 Å². The highest BCUT2D eigenvalue weighted by atomic mass is 79.9. The molecule has 24 heavy (non-hydrogen) atoms. The molecule has 0 aliphatic carbocycles. The van der Waals surface area contributed by atoms with Gasteiger partial charge in [0.2, 0.25) is 0 Å². The van der Waals surface area contributed by atoms with Crippen molar-refractivity contribution in [2.45, 2.75) is 21.0 Å². The SMILES string of the molecule is CN1CCN(S(=O)(=O)C(F)(F)C(F)(F)OC(F)(Br)C(F)(F)Br)CC1. The average molecular weight is 520 g/mol. The van der Waals surface area contributed by atoms with Gasteiger partial charge >= 0.3 is 21.0 Å². The molecule has 1 rings (SSSR count). The Labute approximate surface area is 149 Å². The smallest absolute Gasteiger partial charge is 0.304 e. The van der Waals surface area contributed by atoms with Gasteiger partial charge in [0.1, 0.15) is 0 Å². The lowest BCUT2D eigenvalue weighted by Crippen LogP contribution is -2.60. The molecule has 0 saturated carbocycles. The van der Waals surface area contributed by atoms with Crippen molar-refractivity contribution in [2.24, 2.45) is 0 Å². The number of alkyl halides is 9. The fourth-order valence-electron chi connectivity index (χ4n) is 1.62. The Morgan fingerprint density at radius 1 is 0.917 bits per heavy atom. The van der Waals surface area contributed by atoms with Crippen LogP contribution in [-0.2, 0) is 14.8 Å². The first-order valence-corrected chi connectivity index (χ1v) is 9.07. The molecule has 1 aliphatic heterocycles. The van der Waals surface area contributed by atoms with Crippen LogP contribution in [0.25, 0.3) is 0 Å². The highest BCUT2D eigenvalue weighted by Crippen LogP contribution is 2.51. The van der Waals surface area contributed by atoms with Gasteiger partial charge in [-0.2, -0.15) is 35.0 Å². The molecule has 0 aromatic rings. The molecule has 0 bridgehead atoms. The van der Waals surface area contributed by atoms with E-state index in [1.165, 1.54) is 31.9 Å². The number of rotatable bonds is 6. The predicted octanol–water partition coefficient (Wildman–Crippen LogP) is 2.77. The third kappa shape index (κ3) is 4.16. The van der Waals surface area contributed by atoms with Crippen molar-refractivity contribution in [1.82, 2.24) is 9.21 Å². The summed E-state index contributed by atoms with van der Waals surface area (Å²) < 4.78 is 115. The van der Waals surface area contributed by atoms with Crippen molar-refractivity contribution in [2.75, 3.05) is 33.2 Å². The first-order valence-electron chi connectivity index (χ1n) is 6.04. The van der Waals surface area contributed by atoms with Gasteiger partial charge in [0.15, 0.2) is 0 Å². The molecule has 5 nitrogen and oxygen atoms in total. The molecule has 15 heteroatoms.